The fourth-order valence-corrected chi connectivity index (χ4v) is 1.63. The Labute approximate surface area is 113 Å². The standard InChI is InChI=1S/C13H16F5NO/c1-13(2,3)6(19)4-5(20)7-8(14)10(16)12(18)11(17)9(7)15/h5-6,20H,4,19H2,1-3H3/t5-,6-/m0/s1. The van der Waals surface area contributed by atoms with E-state index in [9.17, 15) is 27.1 Å². The highest BCUT2D eigenvalue weighted by Gasteiger charge is 2.32. The van der Waals surface area contributed by atoms with E-state index in [1.807, 2.05) is 0 Å². The number of hydrogen-bond acceptors (Lipinski definition) is 2. The van der Waals surface area contributed by atoms with E-state index in [1.165, 1.54) is 0 Å². The lowest BCUT2D eigenvalue weighted by Crippen LogP contribution is -2.36. The van der Waals surface area contributed by atoms with E-state index >= 15 is 0 Å². The first-order valence-electron chi connectivity index (χ1n) is 5.93. The molecule has 1 aromatic rings. The lowest BCUT2D eigenvalue weighted by Gasteiger charge is -2.29. The van der Waals surface area contributed by atoms with Crippen molar-refractivity contribution in [2.75, 3.05) is 0 Å². The van der Waals surface area contributed by atoms with Gasteiger partial charge >= 0.3 is 0 Å². The number of benzene rings is 1. The van der Waals surface area contributed by atoms with Gasteiger partial charge in [-0.2, -0.15) is 0 Å². The third-order valence-corrected chi connectivity index (χ3v) is 3.17. The number of hydrogen-bond donors (Lipinski definition) is 2. The molecule has 0 bridgehead atoms. The van der Waals surface area contributed by atoms with Crippen LogP contribution in [0.4, 0.5) is 22.0 Å². The second kappa shape index (κ2) is 5.65. The third-order valence-electron chi connectivity index (χ3n) is 3.17. The summed E-state index contributed by atoms with van der Waals surface area (Å²) in [5, 5.41) is 9.74. The first-order chi connectivity index (χ1) is 8.98. The summed E-state index contributed by atoms with van der Waals surface area (Å²) in [5.41, 5.74) is 3.98. The molecular formula is C13H16F5NO. The van der Waals surface area contributed by atoms with Crippen molar-refractivity contribution in [3.8, 4) is 0 Å². The Balaban J connectivity index is 3.21. The van der Waals surface area contributed by atoms with E-state index in [0.29, 0.717) is 0 Å². The quantitative estimate of drug-likeness (QED) is 0.511. The second-order valence-corrected chi connectivity index (χ2v) is 5.71. The van der Waals surface area contributed by atoms with Crippen LogP contribution in [0.3, 0.4) is 0 Å². The van der Waals surface area contributed by atoms with Crippen LogP contribution in [0.25, 0.3) is 0 Å². The molecule has 0 saturated heterocycles. The number of aliphatic hydroxyl groups excluding tert-OH is 1. The molecule has 0 aliphatic rings. The van der Waals surface area contributed by atoms with E-state index in [1.54, 1.807) is 20.8 Å². The Morgan fingerprint density at radius 3 is 1.60 bits per heavy atom. The molecule has 2 nitrogen and oxygen atoms in total. The highest BCUT2D eigenvalue weighted by atomic mass is 19.2. The van der Waals surface area contributed by atoms with Crippen molar-refractivity contribution in [1.82, 2.24) is 0 Å². The summed E-state index contributed by atoms with van der Waals surface area (Å²) in [6.07, 6.45) is -2.21. The van der Waals surface area contributed by atoms with E-state index in [2.05, 4.69) is 0 Å². The van der Waals surface area contributed by atoms with E-state index in [4.69, 9.17) is 5.73 Å². The molecule has 0 saturated carbocycles. The van der Waals surface area contributed by atoms with Crippen LogP contribution in [0, 0.1) is 34.5 Å². The van der Waals surface area contributed by atoms with Gasteiger partial charge in [0, 0.05) is 6.04 Å². The average molecular weight is 297 g/mol. The minimum absolute atomic E-state index is 0.331. The molecule has 114 valence electrons. The molecule has 3 N–H and O–H groups in total. The molecule has 7 heteroatoms. The van der Waals surface area contributed by atoms with Crippen molar-refractivity contribution >= 4 is 0 Å². The average Bonchev–Trinajstić information content (AvgIpc) is 2.33. The Morgan fingerprint density at radius 1 is 0.900 bits per heavy atom. The zero-order chi connectivity index (χ0) is 15.8. The van der Waals surface area contributed by atoms with Crippen LogP contribution in [0.5, 0.6) is 0 Å². The van der Waals surface area contributed by atoms with Gasteiger partial charge in [-0.3, -0.25) is 0 Å². The van der Waals surface area contributed by atoms with Gasteiger partial charge in [-0.1, -0.05) is 20.8 Å². The van der Waals surface area contributed by atoms with Gasteiger partial charge in [-0.05, 0) is 11.8 Å². The van der Waals surface area contributed by atoms with E-state index in [-0.39, 0.29) is 6.42 Å². The molecule has 2 atom stereocenters. The molecule has 0 amide bonds. The largest absolute Gasteiger partial charge is 0.388 e. The van der Waals surface area contributed by atoms with Crippen molar-refractivity contribution in [2.45, 2.75) is 39.3 Å². The molecule has 0 spiro atoms. The van der Waals surface area contributed by atoms with Crippen molar-refractivity contribution < 1.29 is 27.1 Å². The van der Waals surface area contributed by atoms with Crippen molar-refractivity contribution in [2.24, 2.45) is 11.1 Å². The SMILES string of the molecule is CC(C)(C)[C@@H](N)C[C@H](O)c1c(F)c(F)c(F)c(F)c1F. The summed E-state index contributed by atoms with van der Waals surface area (Å²) >= 11 is 0. The fourth-order valence-electron chi connectivity index (χ4n) is 1.63. The lowest BCUT2D eigenvalue weighted by atomic mass is 9.83. The van der Waals surface area contributed by atoms with Gasteiger partial charge in [0.1, 0.15) is 0 Å². The maximum atomic E-state index is 13.5. The van der Waals surface area contributed by atoms with Crippen LogP contribution < -0.4 is 5.73 Å². The summed E-state index contributed by atoms with van der Waals surface area (Å²) in [6, 6.07) is -0.688. The van der Waals surface area contributed by atoms with Crippen LogP contribution in [0.15, 0.2) is 0 Å². The van der Waals surface area contributed by atoms with Crippen molar-refractivity contribution in [1.29, 1.82) is 0 Å². The van der Waals surface area contributed by atoms with Crippen LogP contribution >= 0.6 is 0 Å². The number of aliphatic hydroxyl groups is 1. The summed E-state index contributed by atoms with van der Waals surface area (Å²) in [4.78, 5) is 0. The van der Waals surface area contributed by atoms with Crippen LogP contribution in [-0.4, -0.2) is 11.1 Å². The smallest absolute Gasteiger partial charge is 0.200 e. The molecule has 0 fully saturated rings. The van der Waals surface area contributed by atoms with Gasteiger partial charge in [0.25, 0.3) is 0 Å². The van der Waals surface area contributed by atoms with Crippen LogP contribution in [0.2, 0.25) is 0 Å². The minimum Gasteiger partial charge on any atom is -0.388 e. The number of halogens is 5. The van der Waals surface area contributed by atoms with Gasteiger partial charge in [0.15, 0.2) is 23.3 Å². The van der Waals surface area contributed by atoms with Gasteiger partial charge in [0.05, 0.1) is 11.7 Å². The Morgan fingerprint density at radius 2 is 1.25 bits per heavy atom. The highest BCUT2D eigenvalue weighted by Crippen LogP contribution is 2.32. The zero-order valence-electron chi connectivity index (χ0n) is 11.3. The monoisotopic (exact) mass is 297 g/mol. The lowest BCUT2D eigenvalue weighted by molar-refractivity contribution is 0.123. The summed E-state index contributed by atoms with van der Waals surface area (Å²) in [6.45, 7) is 5.18. The van der Waals surface area contributed by atoms with Crippen molar-refractivity contribution in [3.05, 3.63) is 34.6 Å². The third kappa shape index (κ3) is 3.09. The van der Waals surface area contributed by atoms with E-state index in [0.717, 1.165) is 0 Å². The Bertz CT molecular complexity index is 483. The maximum absolute atomic E-state index is 13.5. The molecule has 1 aromatic carbocycles. The first-order valence-corrected chi connectivity index (χ1v) is 5.93. The Kier molecular flexibility index (Phi) is 4.76. The maximum Gasteiger partial charge on any atom is 0.200 e. The predicted molar refractivity (Wildman–Crippen MR) is 63.2 cm³/mol. The molecule has 1 rings (SSSR count). The number of nitrogens with two attached hydrogens (primary N) is 1. The number of rotatable bonds is 3. The predicted octanol–water partition coefficient (Wildman–Crippen LogP) is 3.18. The topological polar surface area (TPSA) is 46.2 Å². The van der Waals surface area contributed by atoms with Crippen molar-refractivity contribution in [3.63, 3.8) is 0 Å². The molecule has 0 radical (unpaired) electrons. The van der Waals surface area contributed by atoms with Crippen LogP contribution in [0.1, 0.15) is 38.9 Å². The van der Waals surface area contributed by atoms with Gasteiger partial charge in [-0.25, -0.2) is 22.0 Å². The minimum atomic E-state index is -2.25. The Hall–Kier alpha value is -1.21. The van der Waals surface area contributed by atoms with Gasteiger partial charge in [0.2, 0.25) is 5.82 Å². The summed E-state index contributed by atoms with van der Waals surface area (Å²) in [5.74, 6) is -10.5. The molecular weight excluding hydrogens is 281 g/mol. The summed E-state index contributed by atoms with van der Waals surface area (Å²) in [7, 11) is 0. The fraction of sp³-hybridized carbons (Fsp3) is 0.538. The van der Waals surface area contributed by atoms with Gasteiger partial charge in [-0.15, -0.1) is 0 Å². The van der Waals surface area contributed by atoms with Gasteiger partial charge < -0.3 is 10.8 Å². The normalized spacial score (nSPS) is 15.3. The molecule has 0 aliphatic carbocycles. The van der Waals surface area contributed by atoms with Crippen LogP contribution in [-0.2, 0) is 0 Å². The molecule has 0 unspecified atom stereocenters. The molecule has 0 aromatic heterocycles. The zero-order valence-corrected chi connectivity index (χ0v) is 11.3. The first kappa shape index (κ1) is 16.8. The second-order valence-electron chi connectivity index (χ2n) is 5.71. The summed E-state index contributed by atoms with van der Waals surface area (Å²) < 4.78 is 65.9. The molecule has 0 heterocycles. The molecule has 20 heavy (non-hydrogen) atoms. The molecule has 0 aliphatic heterocycles. The van der Waals surface area contributed by atoms with E-state index < -0.39 is 52.2 Å². The highest BCUT2D eigenvalue weighted by molar-refractivity contribution is 5.26.